The normalized spacial score (nSPS) is 13.0. The van der Waals surface area contributed by atoms with Crippen molar-refractivity contribution in [3.63, 3.8) is 0 Å². The average Bonchev–Trinajstić information content (AvgIpc) is 3.28. The summed E-state index contributed by atoms with van der Waals surface area (Å²) in [5.41, 5.74) is 2.01. The molecule has 0 radical (unpaired) electrons. The maximum atomic E-state index is 4.89. The average molecular weight is 293 g/mol. The Kier molecular flexibility index (Phi) is 1.86. The molecule has 1 aromatic heterocycles. The second-order valence-electron chi connectivity index (χ2n) is 5.99. The summed E-state index contributed by atoms with van der Waals surface area (Å²) in [7, 11) is 0. The van der Waals surface area contributed by atoms with Gasteiger partial charge in [-0.3, -0.25) is 0 Å². The third-order valence-electron chi connectivity index (χ3n) is 4.79. The van der Waals surface area contributed by atoms with Crippen molar-refractivity contribution in [3.05, 3.63) is 92.5 Å². The summed E-state index contributed by atoms with van der Waals surface area (Å²) in [6.07, 6.45) is 4.15. The Morgan fingerprint density at radius 2 is 1.09 bits per heavy atom. The minimum absolute atomic E-state index is 1.00. The predicted molar refractivity (Wildman–Crippen MR) is 88.2 cm³/mol. The molecule has 2 aliphatic rings. The fourth-order valence-corrected chi connectivity index (χ4v) is 3.84. The lowest BCUT2D eigenvalue weighted by atomic mass is 10.0. The molecule has 0 bridgehead atoms. The van der Waals surface area contributed by atoms with Crippen LogP contribution in [0.3, 0.4) is 0 Å². The Hall–Kier alpha value is -3.20. The first-order chi connectivity index (χ1) is 11.4. The molecule has 1 N–H and O–H groups in total. The Labute approximate surface area is 130 Å². The molecule has 0 aliphatic carbocycles. The van der Waals surface area contributed by atoms with E-state index in [1.165, 1.54) is 31.6 Å². The van der Waals surface area contributed by atoms with E-state index in [4.69, 9.17) is 9.98 Å². The van der Waals surface area contributed by atoms with Gasteiger partial charge >= 0.3 is 0 Å². The Morgan fingerprint density at radius 3 is 1.61 bits per heavy atom. The van der Waals surface area contributed by atoms with Crippen LogP contribution >= 0.6 is 0 Å². The van der Waals surface area contributed by atoms with E-state index in [0.29, 0.717) is 0 Å². The summed E-state index contributed by atoms with van der Waals surface area (Å²) < 4.78 is 0. The molecule has 4 aromatic rings. The maximum Gasteiger partial charge on any atom is 0.0986 e. The fourth-order valence-electron chi connectivity index (χ4n) is 3.84. The second kappa shape index (κ2) is 3.76. The van der Waals surface area contributed by atoms with E-state index in [-0.39, 0.29) is 0 Å². The van der Waals surface area contributed by atoms with Gasteiger partial charge in [0.25, 0.3) is 0 Å². The Morgan fingerprint density at radius 1 is 0.609 bits per heavy atom. The molecule has 106 valence electrons. The molecular weight excluding hydrogens is 282 g/mol. The van der Waals surface area contributed by atoms with Crippen LogP contribution in [-0.4, -0.2) is 4.98 Å². The molecule has 0 amide bonds. The van der Waals surface area contributed by atoms with E-state index in [1.54, 1.807) is 0 Å². The number of nitrogens with zero attached hydrogens (tertiary/aromatic N) is 2. The molecular formula is C20H11N3. The first kappa shape index (κ1) is 11.4. The highest BCUT2D eigenvalue weighted by molar-refractivity contribution is 5.93. The molecule has 6 rings (SSSR count). The first-order valence-electron chi connectivity index (χ1n) is 7.70. The van der Waals surface area contributed by atoms with Crippen LogP contribution in [0.15, 0.2) is 70.9 Å². The summed E-state index contributed by atoms with van der Waals surface area (Å²) in [5, 5.41) is 9.30. The smallest absolute Gasteiger partial charge is 0.0986 e. The minimum atomic E-state index is 1.00. The van der Waals surface area contributed by atoms with E-state index in [9.17, 15) is 0 Å². The van der Waals surface area contributed by atoms with Gasteiger partial charge in [-0.2, -0.15) is 0 Å². The third kappa shape index (κ3) is 1.26. The molecule has 0 spiro atoms. The van der Waals surface area contributed by atoms with Crippen LogP contribution in [0, 0.1) is 20.9 Å². The summed E-state index contributed by atoms with van der Waals surface area (Å²) >= 11 is 0. The molecule has 3 heterocycles. The number of aromatic nitrogens is 1. The number of para-hydroxylation sites is 2. The van der Waals surface area contributed by atoms with Gasteiger partial charge in [0.2, 0.25) is 0 Å². The Bertz CT molecular complexity index is 1350. The third-order valence-corrected chi connectivity index (χ3v) is 4.79. The molecule has 0 unspecified atom stereocenters. The van der Waals surface area contributed by atoms with Crippen LogP contribution in [0.25, 0.3) is 10.8 Å². The molecule has 3 nitrogen and oxygen atoms in total. The number of hydrogen-bond donors (Lipinski definition) is 1. The van der Waals surface area contributed by atoms with Gasteiger partial charge in [-0.15, -0.1) is 0 Å². The van der Waals surface area contributed by atoms with E-state index in [1.807, 2.05) is 12.1 Å². The van der Waals surface area contributed by atoms with Crippen molar-refractivity contribution in [2.24, 2.45) is 9.98 Å². The van der Waals surface area contributed by atoms with Gasteiger partial charge in [0.1, 0.15) is 0 Å². The zero-order valence-corrected chi connectivity index (χ0v) is 12.2. The molecule has 23 heavy (non-hydrogen) atoms. The lowest BCUT2D eigenvalue weighted by Crippen LogP contribution is -1.97. The van der Waals surface area contributed by atoms with E-state index in [0.717, 1.165) is 22.1 Å². The van der Waals surface area contributed by atoms with Gasteiger partial charge in [0, 0.05) is 44.0 Å². The van der Waals surface area contributed by atoms with Crippen molar-refractivity contribution in [3.8, 4) is 0 Å². The topological polar surface area (TPSA) is 40.5 Å². The van der Waals surface area contributed by atoms with Crippen LogP contribution in [0.2, 0.25) is 0 Å². The van der Waals surface area contributed by atoms with Gasteiger partial charge in [0.05, 0.1) is 22.1 Å². The van der Waals surface area contributed by atoms with Crippen LogP contribution in [0.1, 0.15) is 0 Å². The first-order valence-corrected chi connectivity index (χ1v) is 7.70. The lowest BCUT2D eigenvalue weighted by molar-refractivity contribution is 1.33. The highest BCUT2D eigenvalue weighted by atomic mass is 14.9. The summed E-state index contributed by atoms with van der Waals surface area (Å²) in [6, 6.07) is 16.6. The van der Waals surface area contributed by atoms with E-state index < -0.39 is 0 Å². The van der Waals surface area contributed by atoms with Crippen LogP contribution in [-0.2, 0) is 0 Å². The molecule has 0 atom stereocenters. The highest BCUT2D eigenvalue weighted by Gasteiger charge is 2.18. The van der Waals surface area contributed by atoms with E-state index >= 15 is 0 Å². The van der Waals surface area contributed by atoms with Crippen molar-refractivity contribution in [2.45, 2.75) is 0 Å². The predicted octanol–water partition coefficient (Wildman–Crippen LogP) is 3.27. The van der Waals surface area contributed by atoms with Gasteiger partial charge in [-0.05, 0) is 12.1 Å². The molecule has 0 fully saturated rings. The number of nitrogens with one attached hydrogen (secondary N) is 1. The van der Waals surface area contributed by atoms with Crippen LogP contribution in [0.5, 0.6) is 0 Å². The fraction of sp³-hybridized carbons (Fsp3) is 0. The molecule has 3 aromatic carbocycles. The van der Waals surface area contributed by atoms with Crippen molar-refractivity contribution in [1.29, 1.82) is 0 Å². The van der Waals surface area contributed by atoms with Crippen molar-refractivity contribution in [2.75, 3.05) is 0 Å². The number of benzene rings is 3. The minimum Gasteiger partial charge on any atom is -0.366 e. The van der Waals surface area contributed by atoms with Crippen molar-refractivity contribution >= 4 is 22.1 Å². The zero-order valence-electron chi connectivity index (χ0n) is 12.2. The lowest BCUT2D eigenvalue weighted by Gasteiger charge is -2.00. The van der Waals surface area contributed by atoms with Crippen LogP contribution in [0.4, 0.5) is 11.4 Å². The number of rotatable bonds is 0. The summed E-state index contributed by atoms with van der Waals surface area (Å²) in [4.78, 5) is 13.1. The zero-order chi connectivity index (χ0) is 15.0. The van der Waals surface area contributed by atoms with Gasteiger partial charge in [0.15, 0.2) is 0 Å². The largest absolute Gasteiger partial charge is 0.366 e. The number of fused-ring (bicyclic) bond motifs is 8. The SMILES string of the molecule is c1ccc2c(c1)=Nc1c3c(c4c[nH]cc4c1=2)=c1ccccc1=N3. The van der Waals surface area contributed by atoms with Gasteiger partial charge in [-0.1, -0.05) is 36.4 Å². The van der Waals surface area contributed by atoms with Crippen molar-refractivity contribution < 1.29 is 0 Å². The number of hydrogen-bond acceptors (Lipinski definition) is 2. The standard InChI is InChI=1S/C20H11N3/c1-3-7-15-11(5-1)17-13-9-21-10-14(13)18-12-6-2-4-8-16(12)23-20(18)19(17)22-15/h1-10,21H. The number of H-pyrrole nitrogens is 1. The van der Waals surface area contributed by atoms with Crippen LogP contribution < -0.4 is 10.7 Å². The molecule has 0 saturated carbocycles. The summed E-state index contributed by atoms with van der Waals surface area (Å²) in [6.45, 7) is 0. The molecule has 3 heteroatoms. The monoisotopic (exact) mass is 293 g/mol. The molecule has 0 saturated heterocycles. The highest BCUT2D eigenvalue weighted by Crippen LogP contribution is 2.39. The van der Waals surface area contributed by atoms with Gasteiger partial charge in [-0.25, -0.2) is 9.98 Å². The maximum absolute atomic E-state index is 4.89. The molecule has 2 aliphatic heterocycles. The Balaban J connectivity index is 2.08. The summed E-state index contributed by atoms with van der Waals surface area (Å²) in [5.74, 6) is 0. The second-order valence-corrected chi connectivity index (χ2v) is 5.99. The van der Waals surface area contributed by atoms with Gasteiger partial charge < -0.3 is 4.98 Å². The van der Waals surface area contributed by atoms with E-state index in [2.05, 4.69) is 53.8 Å². The number of aromatic amines is 1. The quantitative estimate of drug-likeness (QED) is 0.446. The van der Waals surface area contributed by atoms with Crippen molar-refractivity contribution in [1.82, 2.24) is 4.98 Å².